The summed E-state index contributed by atoms with van der Waals surface area (Å²) in [7, 11) is 0. The Kier molecular flexibility index (Phi) is 10.9. The minimum atomic E-state index is -0.341. The summed E-state index contributed by atoms with van der Waals surface area (Å²) in [6, 6.07) is 0. The maximum absolute atomic E-state index is 10.2. The molecule has 0 aromatic carbocycles. The standard InChI is InChI=1S/C6H10O2.Na/c1-3-5-8-6(7)4-2;/h4H,2-3,5H2,1H3;. The van der Waals surface area contributed by atoms with E-state index in [4.69, 9.17) is 0 Å². The monoisotopic (exact) mass is 137 g/mol. The Balaban J connectivity index is 0. The van der Waals surface area contributed by atoms with Gasteiger partial charge in [-0.1, -0.05) is 13.5 Å². The van der Waals surface area contributed by atoms with E-state index in [-0.39, 0.29) is 35.5 Å². The third-order valence-corrected chi connectivity index (χ3v) is 0.615. The molecule has 0 fully saturated rings. The maximum atomic E-state index is 10.2. The van der Waals surface area contributed by atoms with Gasteiger partial charge in [0.2, 0.25) is 0 Å². The van der Waals surface area contributed by atoms with Crippen molar-refractivity contribution in [2.24, 2.45) is 0 Å². The molecule has 0 heterocycles. The van der Waals surface area contributed by atoms with E-state index in [1.807, 2.05) is 6.92 Å². The molecule has 9 heavy (non-hydrogen) atoms. The van der Waals surface area contributed by atoms with E-state index in [0.717, 1.165) is 12.5 Å². The topological polar surface area (TPSA) is 26.3 Å². The van der Waals surface area contributed by atoms with Crippen molar-refractivity contribution in [1.29, 1.82) is 0 Å². The van der Waals surface area contributed by atoms with Crippen LogP contribution in [0.3, 0.4) is 0 Å². The summed E-state index contributed by atoms with van der Waals surface area (Å²) in [5.41, 5.74) is 0. The first-order chi connectivity index (χ1) is 3.81. The van der Waals surface area contributed by atoms with Crippen LogP contribution in [-0.4, -0.2) is 42.1 Å². The average Bonchev–Trinajstić information content (AvgIpc) is 1.83. The van der Waals surface area contributed by atoms with Crippen LogP contribution in [0.5, 0.6) is 0 Å². The summed E-state index contributed by atoms with van der Waals surface area (Å²) >= 11 is 0. The first-order valence-electron chi connectivity index (χ1n) is 2.60. The van der Waals surface area contributed by atoms with Gasteiger partial charge in [-0.25, -0.2) is 4.79 Å². The summed E-state index contributed by atoms with van der Waals surface area (Å²) in [6.45, 7) is 5.67. The molecule has 0 spiro atoms. The van der Waals surface area contributed by atoms with Crippen molar-refractivity contribution < 1.29 is 9.53 Å². The molecule has 3 heteroatoms. The van der Waals surface area contributed by atoms with Crippen LogP contribution in [-0.2, 0) is 9.53 Å². The summed E-state index contributed by atoms with van der Waals surface area (Å²) in [6.07, 6.45) is 2.02. The number of carbonyl (C=O) groups excluding carboxylic acids is 1. The minimum Gasteiger partial charge on any atom is -0.463 e. The van der Waals surface area contributed by atoms with Gasteiger partial charge in [-0.3, -0.25) is 0 Å². The van der Waals surface area contributed by atoms with E-state index in [2.05, 4.69) is 11.3 Å². The van der Waals surface area contributed by atoms with Crippen molar-refractivity contribution in [3.05, 3.63) is 12.7 Å². The molecule has 0 aromatic heterocycles. The molecule has 0 aliphatic rings. The van der Waals surface area contributed by atoms with Gasteiger partial charge in [0, 0.05) is 35.6 Å². The molecule has 1 radical (unpaired) electrons. The van der Waals surface area contributed by atoms with E-state index >= 15 is 0 Å². The molecule has 0 saturated heterocycles. The van der Waals surface area contributed by atoms with Gasteiger partial charge in [0.25, 0.3) is 0 Å². The number of carbonyl (C=O) groups is 1. The van der Waals surface area contributed by atoms with Crippen molar-refractivity contribution >= 4 is 35.5 Å². The van der Waals surface area contributed by atoms with Gasteiger partial charge in [-0.15, -0.1) is 0 Å². The van der Waals surface area contributed by atoms with Gasteiger partial charge in [0.15, 0.2) is 0 Å². The molecule has 0 rings (SSSR count). The van der Waals surface area contributed by atoms with Gasteiger partial charge in [-0.05, 0) is 6.42 Å². The predicted octanol–water partition coefficient (Wildman–Crippen LogP) is 0.745. The smallest absolute Gasteiger partial charge is 0.330 e. The number of ether oxygens (including phenoxy) is 1. The summed E-state index contributed by atoms with van der Waals surface area (Å²) in [5, 5.41) is 0. The van der Waals surface area contributed by atoms with E-state index in [1.54, 1.807) is 0 Å². The largest absolute Gasteiger partial charge is 0.463 e. The summed E-state index contributed by atoms with van der Waals surface area (Å²) < 4.78 is 4.58. The Morgan fingerprint density at radius 1 is 1.78 bits per heavy atom. The zero-order chi connectivity index (χ0) is 6.41. The zero-order valence-corrected chi connectivity index (χ0v) is 8.02. The van der Waals surface area contributed by atoms with Crippen molar-refractivity contribution in [3.63, 3.8) is 0 Å². The Labute approximate surface area is 77.6 Å². The molecule has 0 bridgehead atoms. The first-order valence-corrected chi connectivity index (χ1v) is 2.60. The molecule has 0 saturated carbocycles. The third kappa shape index (κ3) is 8.21. The van der Waals surface area contributed by atoms with Crippen LogP contribution < -0.4 is 0 Å². The fraction of sp³-hybridized carbons (Fsp3) is 0.500. The van der Waals surface area contributed by atoms with Gasteiger partial charge in [0.1, 0.15) is 0 Å². The van der Waals surface area contributed by atoms with Crippen LogP contribution in [0, 0.1) is 0 Å². The molecule has 2 nitrogen and oxygen atoms in total. The summed E-state index contributed by atoms with van der Waals surface area (Å²) in [4.78, 5) is 10.2. The van der Waals surface area contributed by atoms with Crippen molar-refractivity contribution in [2.75, 3.05) is 6.61 Å². The second-order valence-electron chi connectivity index (χ2n) is 1.37. The number of esters is 1. The minimum absolute atomic E-state index is 0. The Hall–Kier alpha value is 0.210. The van der Waals surface area contributed by atoms with Crippen LogP contribution in [0.2, 0.25) is 0 Å². The maximum Gasteiger partial charge on any atom is 0.330 e. The molecule has 0 N–H and O–H groups in total. The Morgan fingerprint density at radius 2 is 2.33 bits per heavy atom. The molecule has 0 aliphatic carbocycles. The second-order valence-corrected chi connectivity index (χ2v) is 1.37. The van der Waals surface area contributed by atoms with Gasteiger partial charge in [-0.2, -0.15) is 0 Å². The van der Waals surface area contributed by atoms with E-state index < -0.39 is 0 Å². The van der Waals surface area contributed by atoms with E-state index in [1.165, 1.54) is 0 Å². The van der Waals surface area contributed by atoms with E-state index in [0.29, 0.717) is 6.61 Å². The van der Waals surface area contributed by atoms with Gasteiger partial charge in [0.05, 0.1) is 6.61 Å². The molecule has 0 unspecified atom stereocenters. The average molecular weight is 137 g/mol. The number of rotatable bonds is 3. The number of hydrogen-bond donors (Lipinski definition) is 0. The zero-order valence-electron chi connectivity index (χ0n) is 6.02. The second kappa shape index (κ2) is 8.21. The van der Waals surface area contributed by atoms with Gasteiger partial charge < -0.3 is 4.74 Å². The molecular formula is C6H10NaO2. The Bertz CT molecular complexity index is 91.1. The number of hydrogen-bond acceptors (Lipinski definition) is 2. The molecule has 0 aliphatic heterocycles. The predicted molar refractivity (Wildman–Crippen MR) is 37.2 cm³/mol. The summed E-state index contributed by atoms with van der Waals surface area (Å²) in [5.74, 6) is -0.341. The first kappa shape index (κ1) is 11.9. The SMILES string of the molecule is C=CC(=O)OCCC.[Na]. The van der Waals surface area contributed by atoms with Crippen molar-refractivity contribution in [1.82, 2.24) is 0 Å². The van der Waals surface area contributed by atoms with Gasteiger partial charge >= 0.3 is 5.97 Å². The van der Waals surface area contributed by atoms with Crippen LogP contribution >= 0.6 is 0 Å². The van der Waals surface area contributed by atoms with Crippen LogP contribution in [0.25, 0.3) is 0 Å². The van der Waals surface area contributed by atoms with E-state index in [9.17, 15) is 4.79 Å². The van der Waals surface area contributed by atoms with Crippen molar-refractivity contribution in [2.45, 2.75) is 13.3 Å². The Morgan fingerprint density at radius 3 is 2.67 bits per heavy atom. The molecule has 0 atom stereocenters. The van der Waals surface area contributed by atoms with Crippen molar-refractivity contribution in [3.8, 4) is 0 Å². The fourth-order valence-corrected chi connectivity index (χ4v) is 0.262. The molecule has 0 amide bonds. The quantitative estimate of drug-likeness (QED) is 0.326. The van der Waals surface area contributed by atoms with Crippen LogP contribution in [0.15, 0.2) is 12.7 Å². The third-order valence-electron chi connectivity index (χ3n) is 0.615. The normalized spacial score (nSPS) is 7.22. The molecule has 0 aromatic rings. The fourth-order valence-electron chi connectivity index (χ4n) is 0.262. The molecular weight excluding hydrogens is 127 g/mol. The van der Waals surface area contributed by atoms with Crippen LogP contribution in [0.1, 0.15) is 13.3 Å². The molecule has 47 valence electrons. The van der Waals surface area contributed by atoms with Crippen LogP contribution in [0.4, 0.5) is 0 Å².